The molecule has 254 valence electrons. The molecule has 0 radical (unpaired) electrons. The number of halogens is 2. The number of hydrogen-bond donors (Lipinski definition) is 3. The summed E-state index contributed by atoms with van der Waals surface area (Å²) in [7, 11) is 0. The van der Waals surface area contributed by atoms with Crippen LogP contribution in [0.3, 0.4) is 0 Å². The van der Waals surface area contributed by atoms with Crippen molar-refractivity contribution in [3.63, 3.8) is 0 Å². The van der Waals surface area contributed by atoms with Gasteiger partial charge < -0.3 is 20.7 Å². The molecule has 1 unspecified atom stereocenters. The molecule has 0 aliphatic carbocycles. The van der Waals surface area contributed by atoms with E-state index in [1.807, 2.05) is 66.7 Å². The van der Waals surface area contributed by atoms with Crippen LogP contribution >= 0.6 is 27.7 Å². The number of carbonyl (C=O) groups is 3. The minimum Gasteiger partial charge on any atom is -0.494 e. The Kier molecular flexibility index (Phi) is 13.0. The lowest BCUT2D eigenvalue weighted by atomic mass is 10.1. The molecule has 0 fully saturated rings. The number of hydrogen-bond acceptors (Lipinski definition) is 5. The first kappa shape index (κ1) is 36.1. The molecular formula is C40H35BrFN3O4S. The van der Waals surface area contributed by atoms with Crippen LogP contribution in [0.25, 0.3) is 6.08 Å². The molecule has 1 atom stereocenters. The molecule has 0 aliphatic rings. The van der Waals surface area contributed by atoms with E-state index in [0.717, 1.165) is 33.5 Å². The number of carbonyl (C=O) groups excluding carboxylic acids is 3. The second-order valence-electron chi connectivity index (χ2n) is 11.1. The molecule has 0 aliphatic heterocycles. The molecule has 0 heterocycles. The van der Waals surface area contributed by atoms with Crippen LogP contribution in [0, 0.1) is 5.82 Å². The van der Waals surface area contributed by atoms with Crippen LogP contribution in [-0.4, -0.2) is 24.3 Å². The SMILES string of the molecule is CCCCOc1ccc(NC(=O)C(Sc2ccc(NC(=O)C(=Cc3ccc(Br)cc3)NC(=O)c3ccccc3F)cc2)c2ccccc2)cc1. The normalized spacial score (nSPS) is 11.7. The Hall–Kier alpha value is -5.19. The smallest absolute Gasteiger partial charge is 0.272 e. The van der Waals surface area contributed by atoms with Crippen LogP contribution in [-0.2, 0) is 9.59 Å². The Morgan fingerprint density at radius 3 is 2.12 bits per heavy atom. The average molecular weight is 753 g/mol. The molecule has 7 nitrogen and oxygen atoms in total. The zero-order valence-electron chi connectivity index (χ0n) is 27.2. The van der Waals surface area contributed by atoms with E-state index in [0.29, 0.717) is 23.5 Å². The molecule has 3 amide bonds. The van der Waals surface area contributed by atoms with Crippen molar-refractivity contribution in [3.8, 4) is 5.75 Å². The fourth-order valence-electron chi connectivity index (χ4n) is 4.75. The Balaban J connectivity index is 1.29. The lowest BCUT2D eigenvalue weighted by molar-refractivity contribution is -0.116. The second kappa shape index (κ2) is 18.0. The summed E-state index contributed by atoms with van der Waals surface area (Å²) in [5.41, 5.74) is 2.35. The molecule has 0 bridgehead atoms. The number of rotatable bonds is 14. The predicted molar refractivity (Wildman–Crippen MR) is 202 cm³/mol. The van der Waals surface area contributed by atoms with Gasteiger partial charge in [-0.2, -0.15) is 0 Å². The van der Waals surface area contributed by atoms with E-state index in [-0.39, 0.29) is 17.2 Å². The topological polar surface area (TPSA) is 96.5 Å². The third kappa shape index (κ3) is 10.4. The van der Waals surface area contributed by atoms with Crippen LogP contribution in [0.4, 0.5) is 15.8 Å². The van der Waals surface area contributed by atoms with Crippen molar-refractivity contribution in [2.24, 2.45) is 0 Å². The first-order chi connectivity index (χ1) is 24.3. The van der Waals surface area contributed by atoms with Crippen molar-refractivity contribution in [1.29, 1.82) is 0 Å². The van der Waals surface area contributed by atoms with Gasteiger partial charge in [0.05, 0.1) is 12.2 Å². The van der Waals surface area contributed by atoms with Crippen LogP contribution in [0.2, 0.25) is 0 Å². The van der Waals surface area contributed by atoms with Crippen molar-refractivity contribution in [3.05, 3.63) is 160 Å². The number of benzene rings is 5. The molecular weight excluding hydrogens is 717 g/mol. The Morgan fingerprint density at radius 1 is 0.800 bits per heavy atom. The fourth-order valence-corrected chi connectivity index (χ4v) is 6.04. The molecule has 0 saturated carbocycles. The summed E-state index contributed by atoms with van der Waals surface area (Å²) in [6.45, 7) is 2.75. The van der Waals surface area contributed by atoms with Gasteiger partial charge in [-0.1, -0.05) is 83.9 Å². The summed E-state index contributed by atoms with van der Waals surface area (Å²) < 4.78 is 20.9. The third-order valence-electron chi connectivity index (χ3n) is 7.39. The first-order valence-electron chi connectivity index (χ1n) is 16.0. The van der Waals surface area contributed by atoms with Gasteiger partial charge in [0.2, 0.25) is 5.91 Å². The van der Waals surface area contributed by atoms with E-state index in [1.165, 1.54) is 36.0 Å². The summed E-state index contributed by atoms with van der Waals surface area (Å²) in [5, 5.41) is 7.83. The maximum Gasteiger partial charge on any atom is 0.272 e. The predicted octanol–water partition coefficient (Wildman–Crippen LogP) is 9.65. The van der Waals surface area contributed by atoms with E-state index >= 15 is 0 Å². The van der Waals surface area contributed by atoms with Crippen molar-refractivity contribution in [2.75, 3.05) is 17.2 Å². The monoisotopic (exact) mass is 751 g/mol. The summed E-state index contributed by atoms with van der Waals surface area (Å²) in [4.78, 5) is 40.8. The molecule has 5 rings (SSSR count). The van der Waals surface area contributed by atoms with Crippen LogP contribution in [0.15, 0.2) is 142 Å². The number of amides is 3. The largest absolute Gasteiger partial charge is 0.494 e. The van der Waals surface area contributed by atoms with Gasteiger partial charge in [0.15, 0.2) is 0 Å². The quantitative estimate of drug-likeness (QED) is 0.0597. The van der Waals surface area contributed by atoms with Crippen LogP contribution in [0.1, 0.15) is 46.5 Å². The van der Waals surface area contributed by atoms with Gasteiger partial charge in [-0.25, -0.2) is 4.39 Å². The zero-order valence-corrected chi connectivity index (χ0v) is 29.6. The Labute approximate surface area is 303 Å². The minimum atomic E-state index is -0.755. The third-order valence-corrected chi connectivity index (χ3v) is 9.18. The summed E-state index contributed by atoms with van der Waals surface area (Å²) in [5.74, 6) is -1.49. The highest BCUT2D eigenvalue weighted by Gasteiger charge is 2.23. The zero-order chi connectivity index (χ0) is 35.3. The van der Waals surface area contributed by atoms with Crippen molar-refractivity contribution >= 4 is 62.9 Å². The molecule has 0 aromatic heterocycles. The van der Waals surface area contributed by atoms with E-state index in [9.17, 15) is 18.8 Å². The van der Waals surface area contributed by atoms with Gasteiger partial charge in [0, 0.05) is 20.7 Å². The number of nitrogens with one attached hydrogen (secondary N) is 3. The van der Waals surface area contributed by atoms with Gasteiger partial charge in [-0.15, -0.1) is 11.8 Å². The highest BCUT2D eigenvalue weighted by molar-refractivity contribution is 9.10. The lowest BCUT2D eigenvalue weighted by Crippen LogP contribution is -2.31. The van der Waals surface area contributed by atoms with Crippen molar-refractivity contribution < 1.29 is 23.5 Å². The summed E-state index contributed by atoms with van der Waals surface area (Å²) in [6, 6.07) is 36.6. The molecule has 50 heavy (non-hydrogen) atoms. The summed E-state index contributed by atoms with van der Waals surface area (Å²) >= 11 is 4.76. The van der Waals surface area contributed by atoms with E-state index in [2.05, 4.69) is 38.8 Å². The van der Waals surface area contributed by atoms with Crippen LogP contribution in [0.5, 0.6) is 5.75 Å². The fraction of sp³-hybridized carbons (Fsp3) is 0.125. The Bertz CT molecular complexity index is 1940. The second-order valence-corrected chi connectivity index (χ2v) is 13.2. The molecule has 0 saturated heterocycles. The van der Waals surface area contributed by atoms with Gasteiger partial charge in [0.25, 0.3) is 11.8 Å². The number of anilines is 2. The molecule has 5 aromatic carbocycles. The molecule has 3 N–H and O–H groups in total. The van der Waals surface area contributed by atoms with Gasteiger partial charge in [-0.3, -0.25) is 14.4 Å². The molecule has 10 heteroatoms. The van der Waals surface area contributed by atoms with Gasteiger partial charge >= 0.3 is 0 Å². The first-order valence-corrected chi connectivity index (χ1v) is 17.7. The van der Waals surface area contributed by atoms with Crippen molar-refractivity contribution in [1.82, 2.24) is 5.32 Å². The maximum atomic E-state index is 14.3. The van der Waals surface area contributed by atoms with E-state index < -0.39 is 22.9 Å². The average Bonchev–Trinajstić information content (AvgIpc) is 3.13. The van der Waals surface area contributed by atoms with Gasteiger partial charge in [-0.05, 0) is 96.4 Å². The lowest BCUT2D eigenvalue weighted by Gasteiger charge is -2.18. The van der Waals surface area contributed by atoms with E-state index in [4.69, 9.17) is 4.74 Å². The van der Waals surface area contributed by atoms with E-state index in [1.54, 1.807) is 42.5 Å². The number of thioether (sulfide) groups is 1. The number of ether oxygens (including phenoxy) is 1. The molecule has 0 spiro atoms. The number of unbranched alkanes of at least 4 members (excludes halogenated alkanes) is 1. The summed E-state index contributed by atoms with van der Waals surface area (Å²) in [6.07, 6.45) is 3.54. The maximum absolute atomic E-state index is 14.3. The van der Waals surface area contributed by atoms with Crippen LogP contribution < -0.4 is 20.7 Å². The minimum absolute atomic E-state index is 0.0691. The Morgan fingerprint density at radius 2 is 1.44 bits per heavy atom. The van der Waals surface area contributed by atoms with Gasteiger partial charge in [0.1, 0.15) is 22.5 Å². The highest BCUT2D eigenvalue weighted by atomic mass is 79.9. The standard InChI is InChI=1S/C40H35BrFN3O4S/c1-2-3-25-49-32-21-17-30(18-22-32)44-40(48)37(28-9-5-4-6-10-28)50-33-23-19-31(20-24-33)43-39(47)36(26-27-13-15-29(41)16-14-27)45-38(46)34-11-7-8-12-35(34)42/h4-24,26,37H,2-3,25H2,1H3,(H,43,47)(H,44,48)(H,45,46). The molecule has 5 aromatic rings. The van der Waals surface area contributed by atoms with Crippen molar-refractivity contribution in [2.45, 2.75) is 29.9 Å². The highest BCUT2D eigenvalue weighted by Crippen LogP contribution is 2.37.